The molecule has 1 unspecified atom stereocenters. The zero-order valence-corrected chi connectivity index (χ0v) is 24.0. The molecule has 39 heavy (non-hydrogen) atoms. The Kier molecular flexibility index (Phi) is 10.5. The number of rotatable bonds is 13. The number of hydrogen-bond donors (Lipinski definition) is 4. The summed E-state index contributed by atoms with van der Waals surface area (Å²) in [5, 5.41) is 24.8. The third kappa shape index (κ3) is 7.78. The van der Waals surface area contributed by atoms with E-state index in [-0.39, 0.29) is 36.1 Å². The number of morpholine rings is 1. The van der Waals surface area contributed by atoms with Gasteiger partial charge in [-0.25, -0.2) is 33.0 Å². The van der Waals surface area contributed by atoms with Crippen molar-refractivity contribution in [2.45, 2.75) is 49.0 Å². The predicted molar refractivity (Wildman–Crippen MR) is 142 cm³/mol. The minimum atomic E-state index is -4.16. The lowest BCUT2D eigenvalue weighted by atomic mass is 10.1. The molecular formula is C21H33F2N6O7PS2. The van der Waals surface area contributed by atoms with Crippen LogP contribution in [0, 0.1) is 0 Å². The number of nitrogens with zero attached hydrogens (tertiary/aromatic N) is 5. The molecule has 2 aromatic heterocycles. The third-order valence-electron chi connectivity index (χ3n) is 6.13. The first kappa shape index (κ1) is 30.8. The number of fused-ring (bicyclic) bond motifs is 1. The molecule has 4 heterocycles. The lowest BCUT2D eigenvalue weighted by Gasteiger charge is -2.30. The van der Waals surface area contributed by atoms with E-state index in [0.29, 0.717) is 31.1 Å². The lowest BCUT2D eigenvalue weighted by molar-refractivity contribution is -0.0507. The minimum absolute atomic E-state index is 0.0818. The van der Waals surface area contributed by atoms with Crippen LogP contribution in [0.1, 0.15) is 19.6 Å². The highest BCUT2D eigenvalue weighted by molar-refractivity contribution is 7.99. The van der Waals surface area contributed by atoms with Crippen LogP contribution in [-0.4, -0.2) is 121 Å². The SMILES string of the molecule is CSCCNc1nc(SCCC(C)(F)F)nc2c1ncn2[C@@H]1O[C@H](COP(=O)(O)N2CCOCC2)[C@@H](O)[C@H]1O. The van der Waals surface area contributed by atoms with Gasteiger partial charge in [-0.2, -0.15) is 11.8 Å². The maximum atomic E-state index is 13.3. The molecule has 2 saturated heterocycles. The summed E-state index contributed by atoms with van der Waals surface area (Å²) in [6, 6.07) is 0. The summed E-state index contributed by atoms with van der Waals surface area (Å²) in [7, 11) is -4.16. The molecule has 2 aliphatic rings. The summed E-state index contributed by atoms with van der Waals surface area (Å²) in [6.07, 6.45) is -2.15. The van der Waals surface area contributed by atoms with E-state index in [1.807, 2.05) is 6.26 Å². The summed E-state index contributed by atoms with van der Waals surface area (Å²) in [6.45, 7) is 2.00. The van der Waals surface area contributed by atoms with Gasteiger partial charge in [0.1, 0.15) is 18.3 Å². The Morgan fingerprint density at radius 3 is 2.69 bits per heavy atom. The van der Waals surface area contributed by atoms with Crippen molar-refractivity contribution in [3.8, 4) is 0 Å². The van der Waals surface area contributed by atoms with Crippen molar-refractivity contribution >= 4 is 48.3 Å². The first-order valence-electron chi connectivity index (χ1n) is 12.3. The lowest BCUT2D eigenvalue weighted by Crippen LogP contribution is -2.36. The average molecular weight is 615 g/mol. The summed E-state index contributed by atoms with van der Waals surface area (Å²) >= 11 is 2.69. The monoisotopic (exact) mass is 614 g/mol. The Balaban J connectivity index is 1.53. The normalized spacial score (nSPS) is 26.2. The Bertz CT molecular complexity index is 1160. The molecule has 220 valence electrons. The topological polar surface area (TPSA) is 164 Å². The fraction of sp³-hybridized carbons (Fsp3) is 0.762. The van der Waals surface area contributed by atoms with Crippen LogP contribution in [0.2, 0.25) is 0 Å². The highest BCUT2D eigenvalue weighted by atomic mass is 32.2. The molecule has 0 radical (unpaired) electrons. The van der Waals surface area contributed by atoms with Gasteiger partial charge in [0.15, 0.2) is 28.4 Å². The first-order chi connectivity index (χ1) is 18.5. The molecule has 0 aromatic carbocycles. The molecule has 4 rings (SSSR count). The van der Waals surface area contributed by atoms with Crippen LogP contribution < -0.4 is 5.32 Å². The highest BCUT2D eigenvalue weighted by Crippen LogP contribution is 2.47. The fourth-order valence-electron chi connectivity index (χ4n) is 4.02. The van der Waals surface area contributed by atoms with E-state index in [1.165, 1.54) is 15.6 Å². The molecule has 13 nitrogen and oxygen atoms in total. The predicted octanol–water partition coefficient (Wildman–Crippen LogP) is 1.81. The van der Waals surface area contributed by atoms with Crippen LogP contribution in [-0.2, 0) is 18.6 Å². The van der Waals surface area contributed by atoms with Crippen LogP contribution >= 0.6 is 31.3 Å². The van der Waals surface area contributed by atoms with Gasteiger partial charge >= 0.3 is 7.75 Å². The van der Waals surface area contributed by atoms with Crippen molar-refractivity contribution in [3.05, 3.63) is 6.33 Å². The zero-order valence-electron chi connectivity index (χ0n) is 21.5. The van der Waals surface area contributed by atoms with E-state index in [4.69, 9.17) is 14.0 Å². The number of halogens is 2. The van der Waals surface area contributed by atoms with Gasteiger partial charge in [-0.1, -0.05) is 11.8 Å². The second-order valence-corrected chi connectivity index (χ2v) is 13.0. The average Bonchev–Trinajstić information content (AvgIpc) is 3.43. The highest BCUT2D eigenvalue weighted by Gasteiger charge is 2.46. The van der Waals surface area contributed by atoms with Crippen LogP contribution in [0.4, 0.5) is 14.6 Å². The molecule has 18 heteroatoms. The van der Waals surface area contributed by atoms with E-state index in [2.05, 4.69) is 20.3 Å². The van der Waals surface area contributed by atoms with Crippen molar-refractivity contribution in [1.82, 2.24) is 24.2 Å². The van der Waals surface area contributed by atoms with Crippen LogP contribution in [0.3, 0.4) is 0 Å². The smallest absolute Gasteiger partial charge is 0.387 e. The number of thioether (sulfide) groups is 2. The minimum Gasteiger partial charge on any atom is -0.387 e. The second-order valence-electron chi connectivity index (χ2n) is 9.17. The standard InChI is InChI=1S/C21H33F2N6O7PS2/c1-21(22,23)3-9-39-20-26-17(24-4-10-38-2)14-18(27-20)29(12-25-14)19-16(31)15(30)13(36-19)11-35-37(32,33)28-5-7-34-8-6-28/h12-13,15-16,19,30-31H,3-11H2,1-2H3,(H,32,33)(H,24,26,27)/t13-,15-,16-,19-/m1/s1. The van der Waals surface area contributed by atoms with Gasteiger partial charge in [0.05, 0.1) is 26.1 Å². The Morgan fingerprint density at radius 1 is 1.26 bits per heavy atom. The second kappa shape index (κ2) is 13.2. The van der Waals surface area contributed by atoms with E-state index in [1.54, 1.807) is 11.8 Å². The van der Waals surface area contributed by atoms with Crippen molar-refractivity contribution in [2.24, 2.45) is 0 Å². The number of anilines is 1. The quantitative estimate of drug-likeness (QED) is 0.112. The molecule has 5 atom stereocenters. The first-order valence-corrected chi connectivity index (χ1v) is 16.2. The van der Waals surface area contributed by atoms with Crippen LogP contribution in [0.25, 0.3) is 11.2 Å². The van der Waals surface area contributed by atoms with Gasteiger partial charge in [0, 0.05) is 37.6 Å². The summed E-state index contributed by atoms with van der Waals surface area (Å²) in [4.78, 5) is 23.6. The summed E-state index contributed by atoms with van der Waals surface area (Å²) in [5.74, 6) is -1.56. The molecule has 0 spiro atoms. The van der Waals surface area contributed by atoms with Crippen molar-refractivity contribution in [3.63, 3.8) is 0 Å². The zero-order chi connectivity index (χ0) is 28.2. The summed E-state index contributed by atoms with van der Waals surface area (Å²) < 4.78 is 58.3. The Morgan fingerprint density at radius 2 is 2.00 bits per heavy atom. The number of hydrogen-bond acceptors (Lipinski definition) is 12. The van der Waals surface area contributed by atoms with Gasteiger partial charge in [-0.3, -0.25) is 9.09 Å². The number of imidazole rings is 1. The molecule has 0 bridgehead atoms. The number of aromatic nitrogens is 4. The van der Waals surface area contributed by atoms with Gasteiger partial charge < -0.3 is 29.9 Å². The molecule has 2 aromatic rings. The number of aliphatic hydroxyl groups excluding tert-OH is 2. The van der Waals surface area contributed by atoms with E-state index >= 15 is 0 Å². The van der Waals surface area contributed by atoms with Crippen LogP contribution in [0.5, 0.6) is 0 Å². The molecule has 4 N–H and O–H groups in total. The molecule has 2 fully saturated rings. The molecular weight excluding hydrogens is 581 g/mol. The number of ether oxygens (including phenoxy) is 2. The van der Waals surface area contributed by atoms with E-state index in [0.717, 1.165) is 24.4 Å². The Hall–Kier alpha value is -1.14. The number of alkyl halides is 2. The fourth-order valence-corrected chi connectivity index (χ4v) is 6.45. The van der Waals surface area contributed by atoms with Crippen molar-refractivity contribution in [2.75, 3.05) is 62.5 Å². The third-order valence-corrected chi connectivity index (χ3v) is 9.20. The maximum absolute atomic E-state index is 13.3. The van der Waals surface area contributed by atoms with Crippen molar-refractivity contribution < 1.29 is 42.4 Å². The number of aliphatic hydroxyl groups is 2. The van der Waals surface area contributed by atoms with E-state index < -0.39 is 44.8 Å². The van der Waals surface area contributed by atoms with Crippen molar-refractivity contribution in [1.29, 1.82) is 0 Å². The molecule has 0 saturated carbocycles. The van der Waals surface area contributed by atoms with E-state index in [9.17, 15) is 28.5 Å². The molecule has 0 aliphatic carbocycles. The molecule has 0 amide bonds. The number of nitrogens with one attached hydrogen (secondary N) is 1. The maximum Gasteiger partial charge on any atom is 0.405 e. The Labute approximate surface area is 232 Å². The van der Waals surface area contributed by atoms with Gasteiger partial charge in [0.2, 0.25) is 5.92 Å². The summed E-state index contributed by atoms with van der Waals surface area (Å²) in [5.41, 5.74) is 0.639. The van der Waals surface area contributed by atoms with Gasteiger partial charge in [-0.15, -0.1) is 0 Å². The largest absolute Gasteiger partial charge is 0.405 e. The van der Waals surface area contributed by atoms with Crippen LogP contribution in [0.15, 0.2) is 11.5 Å². The van der Waals surface area contributed by atoms with Gasteiger partial charge in [0.25, 0.3) is 0 Å². The molecule has 2 aliphatic heterocycles. The van der Waals surface area contributed by atoms with Gasteiger partial charge in [-0.05, 0) is 13.2 Å².